The molecule has 1 aromatic rings. The molecule has 116 valence electrons. The van der Waals surface area contributed by atoms with E-state index in [1.54, 1.807) is 17.4 Å². The van der Waals surface area contributed by atoms with Gasteiger partial charge in [-0.1, -0.05) is 6.92 Å². The van der Waals surface area contributed by atoms with Crippen LogP contribution in [0, 0.1) is 0 Å². The second kappa shape index (κ2) is 7.73. The van der Waals surface area contributed by atoms with E-state index in [1.807, 2.05) is 5.38 Å². The second-order valence-corrected chi connectivity index (χ2v) is 6.59. The number of carboxylic acids is 1. The molecule has 1 aliphatic rings. The summed E-state index contributed by atoms with van der Waals surface area (Å²) in [7, 11) is 2.19. The summed E-state index contributed by atoms with van der Waals surface area (Å²) in [6.07, 6.45) is 5.32. The third-order valence-electron chi connectivity index (χ3n) is 4.13. The van der Waals surface area contributed by atoms with Gasteiger partial charge in [-0.25, -0.2) is 4.79 Å². The number of thiophene rings is 1. The highest BCUT2D eigenvalue weighted by Crippen LogP contribution is 2.21. The molecule has 21 heavy (non-hydrogen) atoms. The number of piperidine rings is 1. The Morgan fingerprint density at radius 2 is 2.24 bits per heavy atom. The molecule has 0 aliphatic carbocycles. The third kappa shape index (κ3) is 4.95. The number of rotatable bonds is 6. The Morgan fingerprint density at radius 3 is 2.86 bits per heavy atom. The number of aliphatic carboxylic acids is 1. The van der Waals surface area contributed by atoms with Crippen LogP contribution >= 0.6 is 11.3 Å². The molecule has 5 heteroatoms. The lowest BCUT2D eigenvalue weighted by Crippen LogP contribution is -2.42. The van der Waals surface area contributed by atoms with Gasteiger partial charge >= 0.3 is 5.97 Å². The van der Waals surface area contributed by atoms with E-state index in [4.69, 9.17) is 5.11 Å². The lowest BCUT2D eigenvalue weighted by Gasteiger charge is -2.36. The minimum atomic E-state index is -0.900. The summed E-state index contributed by atoms with van der Waals surface area (Å²) in [4.78, 5) is 16.7. The van der Waals surface area contributed by atoms with Crippen LogP contribution in [0.3, 0.4) is 0 Å². The molecular weight excluding hydrogens is 284 g/mol. The van der Waals surface area contributed by atoms with E-state index in [0.717, 1.165) is 18.7 Å². The van der Waals surface area contributed by atoms with Crippen molar-refractivity contribution >= 4 is 23.4 Å². The molecule has 0 amide bonds. The molecule has 0 bridgehead atoms. The largest absolute Gasteiger partial charge is 0.478 e. The quantitative estimate of drug-likeness (QED) is 0.821. The van der Waals surface area contributed by atoms with Crippen LogP contribution in [0.25, 0.3) is 6.08 Å². The molecule has 0 atom stereocenters. The van der Waals surface area contributed by atoms with E-state index in [1.165, 1.54) is 36.9 Å². The molecule has 0 saturated carbocycles. The lowest BCUT2D eigenvalue weighted by molar-refractivity contribution is -0.131. The first kappa shape index (κ1) is 16.2. The average molecular weight is 308 g/mol. The van der Waals surface area contributed by atoms with Crippen molar-refractivity contribution in [2.75, 3.05) is 26.7 Å². The summed E-state index contributed by atoms with van der Waals surface area (Å²) in [5.74, 6) is -0.900. The van der Waals surface area contributed by atoms with E-state index in [-0.39, 0.29) is 0 Å². The normalized spacial score (nSPS) is 17.9. The van der Waals surface area contributed by atoms with Crippen molar-refractivity contribution in [3.05, 3.63) is 28.0 Å². The molecule has 1 fully saturated rings. The summed E-state index contributed by atoms with van der Waals surface area (Å²) in [6.45, 7) is 6.72. The van der Waals surface area contributed by atoms with Crippen molar-refractivity contribution in [1.29, 1.82) is 0 Å². The van der Waals surface area contributed by atoms with E-state index in [2.05, 4.69) is 29.8 Å². The minimum Gasteiger partial charge on any atom is -0.478 e. The second-order valence-electron chi connectivity index (χ2n) is 5.60. The highest BCUT2D eigenvalue weighted by Gasteiger charge is 2.21. The van der Waals surface area contributed by atoms with Crippen LogP contribution in [0.2, 0.25) is 0 Å². The highest BCUT2D eigenvalue weighted by molar-refractivity contribution is 7.10. The molecule has 1 aliphatic heterocycles. The summed E-state index contributed by atoms with van der Waals surface area (Å²) in [5, 5.41) is 10.7. The van der Waals surface area contributed by atoms with Crippen molar-refractivity contribution in [3.8, 4) is 0 Å². The number of hydrogen-bond donors (Lipinski definition) is 1. The molecule has 1 saturated heterocycles. The molecule has 0 aromatic carbocycles. The van der Waals surface area contributed by atoms with Gasteiger partial charge in [-0.05, 0) is 62.6 Å². The minimum absolute atomic E-state index is 0.660. The zero-order valence-corrected chi connectivity index (χ0v) is 13.6. The number of carboxylic acid groups (broad SMARTS) is 1. The predicted octanol–water partition coefficient (Wildman–Crippen LogP) is 2.76. The predicted molar refractivity (Wildman–Crippen MR) is 87.6 cm³/mol. The van der Waals surface area contributed by atoms with Crippen LogP contribution in [0.15, 0.2) is 17.5 Å². The molecule has 1 aromatic heterocycles. The van der Waals surface area contributed by atoms with Crippen molar-refractivity contribution in [2.24, 2.45) is 0 Å². The van der Waals surface area contributed by atoms with Gasteiger partial charge < -0.3 is 10.0 Å². The molecule has 4 nitrogen and oxygen atoms in total. The third-order valence-corrected chi connectivity index (χ3v) is 5.07. The van der Waals surface area contributed by atoms with Gasteiger partial charge in [0.25, 0.3) is 0 Å². The molecule has 0 spiro atoms. The van der Waals surface area contributed by atoms with Crippen LogP contribution in [0.1, 0.15) is 30.2 Å². The Kier molecular flexibility index (Phi) is 5.96. The molecule has 0 unspecified atom stereocenters. The SMILES string of the molecule is CCN1CCC(N(C)Cc2cc(C=CC(=O)O)cs2)CC1. The lowest BCUT2D eigenvalue weighted by atomic mass is 10.0. The summed E-state index contributed by atoms with van der Waals surface area (Å²) >= 11 is 1.70. The molecule has 0 radical (unpaired) electrons. The van der Waals surface area contributed by atoms with E-state index in [9.17, 15) is 4.79 Å². The van der Waals surface area contributed by atoms with Gasteiger partial charge in [0.2, 0.25) is 0 Å². The fourth-order valence-corrected chi connectivity index (χ4v) is 3.70. The monoisotopic (exact) mass is 308 g/mol. The van der Waals surface area contributed by atoms with Gasteiger partial charge in [-0.3, -0.25) is 4.90 Å². The number of likely N-dealkylation sites (tertiary alicyclic amines) is 1. The van der Waals surface area contributed by atoms with Gasteiger partial charge in [-0.2, -0.15) is 0 Å². The Bertz CT molecular complexity index is 490. The van der Waals surface area contributed by atoms with Gasteiger partial charge in [0.05, 0.1) is 0 Å². The summed E-state index contributed by atoms with van der Waals surface area (Å²) < 4.78 is 0. The zero-order chi connectivity index (χ0) is 15.2. The van der Waals surface area contributed by atoms with E-state index < -0.39 is 5.97 Å². The summed E-state index contributed by atoms with van der Waals surface area (Å²) in [5.41, 5.74) is 0.978. The Labute approximate surface area is 130 Å². The smallest absolute Gasteiger partial charge is 0.328 e. The topological polar surface area (TPSA) is 43.8 Å². The molecule has 2 heterocycles. The van der Waals surface area contributed by atoms with E-state index in [0.29, 0.717) is 6.04 Å². The Morgan fingerprint density at radius 1 is 1.52 bits per heavy atom. The first-order valence-corrected chi connectivity index (χ1v) is 8.37. The Balaban J connectivity index is 1.85. The zero-order valence-electron chi connectivity index (χ0n) is 12.8. The first-order valence-electron chi connectivity index (χ1n) is 7.49. The Hall–Kier alpha value is -1.17. The maximum Gasteiger partial charge on any atom is 0.328 e. The highest BCUT2D eigenvalue weighted by atomic mass is 32.1. The van der Waals surface area contributed by atoms with Crippen molar-refractivity contribution in [1.82, 2.24) is 9.80 Å². The van der Waals surface area contributed by atoms with Crippen LogP contribution in [-0.2, 0) is 11.3 Å². The number of nitrogens with zero attached hydrogens (tertiary/aromatic N) is 2. The molecular formula is C16H24N2O2S. The fraction of sp³-hybridized carbons (Fsp3) is 0.562. The molecule has 2 rings (SSSR count). The maximum absolute atomic E-state index is 10.5. The van der Waals surface area contributed by atoms with Crippen LogP contribution < -0.4 is 0 Å². The summed E-state index contributed by atoms with van der Waals surface area (Å²) in [6, 6.07) is 2.75. The van der Waals surface area contributed by atoms with Crippen molar-refractivity contribution in [2.45, 2.75) is 32.4 Å². The van der Waals surface area contributed by atoms with Crippen LogP contribution in [0.5, 0.6) is 0 Å². The molecule has 1 N–H and O–H groups in total. The van der Waals surface area contributed by atoms with Crippen LogP contribution in [-0.4, -0.2) is 53.6 Å². The van der Waals surface area contributed by atoms with Gasteiger partial charge in [0.1, 0.15) is 0 Å². The first-order chi connectivity index (χ1) is 10.1. The van der Waals surface area contributed by atoms with Gasteiger partial charge in [0, 0.05) is 23.5 Å². The van der Waals surface area contributed by atoms with Crippen molar-refractivity contribution < 1.29 is 9.90 Å². The van der Waals surface area contributed by atoms with E-state index >= 15 is 0 Å². The average Bonchev–Trinajstić information content (AvgIpc) is 2.92. The van der Waals surface area contributed by atoms with Gasteiger partial charge in [0.15, 0.2) is 0 Å². The number of hydrogen-bond acceptors (Lipinski definition) is 4. The maximum atomic E-state index is 10.5. The fourth-order valence-electron chi connectivity index (χ4n) is 2.79. The van der Waals surface area contributed by atoms with Crippen molar-refractivity contribution in [3.63, 3.8) is 0 Å². The van der Waals surface area contributed by atoms with Crippen LogP contribution in [0.4, 0.5) is 0 Å². The van der Waals surface area contributed by atoms with Gasteiger partial charge in [-0.15, -0.1) is 11.3 Å². The standard InChI is InChI=1S/C16H24N2O2S/c1-3-18-8-6-14(7-9-18)17(2)11-15-10-13(12-21-15)4-5-16(19)20/h4-5,10,12,14H,3,6-9,11H2,1-2H3,(H,19,20). The number of carbonyl (C=O) groups is 1.